The molecule has 7 nitrogen and oxygen atoms in total. The molecule has 2 heterocycles. The van der Waals surface area contributed by atoms with Crippen LogP contribution in [0.5, 0.6) is 11.5 Å². The van der Waals surface area contributed by atoms with Gasteiger partial charge < -0.3 is 14.7 Å². The highest BCUT2D eigenvalue weighted by molar-refractivity contribution is 7.93. The Balaban J connectivity index is 1.81. The minimum absolute atomic E-state index is 0.0362. The van der Waals surface area contributed by atoms with Crippen molar-refractivity contribution in [3.63, 3.8) is 0 Å². The number of halogens is 1. The van der Waals surface area contributed by atoms with Crippen molar-refractivity contribution in [3.05, 3.63) is 58.6 Å². The lowest BCUT2D eigenvalue weighted by molar-refractivity contribution is -0.150. The summed E-state index contributed by atoms with van der Waals surface area (Å²) in [5, 5.41) is 10.1. The summed E-state index contributed by atoms with van der Waals surface area (Å²) in [7, 11) is -2.73. The standard InChI is InChI=1S/C20H16ClNO6S/c1-28-17-7-4-15(23)9-12(17)8-13-11-22-18(24)10-20(22,19(13)25)29(26,27)16-5-2-14(21)3-6-16/h2-9,23H,10-11H2,1H3. The van der Waals surface area contributed by atoms with Crippen molar-refractivity contribution < 1.29 is 27.9 Å². The van der Waals surface area contributed by atoms with E-state index in [0.717, 1.165) is 4.90 Å². The molecule has 1 atom stereocenters. The molecule has 4 rings (SSSR count). The molecule has 9 heteroatoms. The average Bonchev–Trinajstić information content (AvgIpc) is 2.90. The van der Waals surface area contributed by atoms with E-state index in [-0.39, 0.29) is 22.8 Å². The Hall–Kier alpha value is -2.84. The van der Waals surface area contributed by atoms with Crippen LogP contribution in [0.3, 0.4) is 0 Å². The van der Waals surface area contributed by atoms with Crippen molar-refractivity contribution in [2.24, 2.45) is 0 Å². The first-order valence-electron chi connectivity index (χ1n) is 8.64. The molecule has 2 aromatic carbocycles. The Morgan fingerprint density at radius 2 is 1.86 bits per heavy atom. The van der Waals surface area contributed by atoms with Crippen LogP contribution >= 0.6 is 11.6 Å². The number of sulfone groups is 1. The molecule has 29 heavy (non-hydrogen) atoms. The second-order valence-electron chi connectivity index (χ2n) is 6.82. The lowest BCUT2D eigenvalue weighted by Crippen LogP contribution is -2.67. The highest BCUT2D eigenvalue weighted by atomic mass is 35.5. The fraction of sp³-hybridized carbons (Fsp3) is 0.200. The number of Topliss-reactive ketones (excluding diaryl/α,β-unsaturated/α-hetero) is 1. The highest BCUT2D eigenvalue weighted by Crippen LogP contribution is 2.48. The molecule has 0 aliphatic carbocycles. The van der Waals surface area contributed by atoms with Gasteiger partial charge in [-0.2, -0.15) is 0 Å². The molecule has 0 spiro atoms. The van der Waals surface area contributed by atoms with Crippen molar-refractivity contribution >= 4 is 39.2 Å². The van der Waals surface area contributed by atoms with Crippen LogP contribution in [0.25, 0.3) is 6.08 Å². The van der Waals surface area contributed by atoms with Crippen LogP contribution in [0.2, 0.25) is 5.02 Å². The van der Waals surface area contributed by atoms with Gasteiger partial charge in [-0.05, 0) is 48.5 Å². The van der Waals surface area contributed by atoms with Gasteiger partial charge in [0, 0.05) is 16.2 Å². The first kappa shape index (κ1) is 19.5. The molecule has 1 amide bonds. The van der Waals surface area contributed by atoms with Crippen molar-refractivity contribution in [3.8, 4) is 11.5 Å². The number of hydrogen-bond acceptors (Lipinski definition) is 6. The van der Waals surface area contributed by atoms with E-state index in [9.17, 15) is 23.1 Å². The number of phenols is 1. The number of β-lactam (4-membered cyclic amide) rings is 1. The Morgan fingerprint density at radius 1 is 1.17 bits per heavy atom. The summed E-state index contributed by atoms with van der Waals surface area (Å²) in [5.74, 6) is -0.705. The van der Waals surface area contributed by atoms with Crippen LogP contribution in [0, 0.1) is 0 Å². The summed E-state index contributed by atoms with van der Waals surface area (Å²) in [6.45, 7) is -0.136. The van der Waals surface area contributed by atoms with Crippen LogP contribution in [-0.2, 0) is 19.4 Å². The number of hydrogen-bond donors (Lipinski definition) is 1. The van der Waals surface area contributed by atoms with E-state index in [1.165, 1.54) is 55.7 Å². The third-order valence-corrected chi connectivity index (χ3v) is 7.80. The summed E-state index contributed by atoms with van der Waals surface area (Å²) in [5.41, 5.74) is 0.558. The van der Waals surface area contributed by atoms with Crippen LogP contribution in [0.4, 0.5) is 0 Å². The number of rotatable bonds is 4. The number of amides is 1. The summed E-state index contributed by atoms with van der Waals surface area (Å²) >= 11 is 5.84. The van der Waals surface area contributed by atoms with Crippen LogP contribution in [0.1, 0.15) is 12.0 Å². The smallest absolute Gasteiger partial charge is 0.228 e. The number of aromatic hydroxyl groups is 1. The van der Waals surface area contributed by atoms with Gasteiger partial charge in [0.1, 0.15) is 11.5 Å². The fourth-order valence-corrected chi connectivity index (χ4v) is 5.88. The van der Waals surface area contributed by atoms with E-state index < -0.39 is 32.8 Å². The van der Waals surface area contributed by atoms with Gasteiger partial charge in [0.2, 0.25) is 26.4 Å². The monoisotopic (exact) mass is 433 g/mol. The predicted octanol–water partition coefficient (Wildman–Crippen LogP) is 2.42. The van der Waals surface area contributed by atoms with Gasteiger partial charge in [-0.3, -0.25) is 9.59 Å². The Bertz CT molecular complexity index is 1170. The zero-order valence-electron chi connectivity index (χ0n) is 15.3. The molecule has 0 aromatic heterocycles. The van der Waals surface area contributed by atoms with Crippen molar-refractivity contribution in [2.75, 3.05) is 13.7 Å². The number of fused-ring (bicyclic) bond motifs is 1. The zero-order valence-corrected chi connectivity index (χ0v) is 16.8. The van der Waals surface area contributed by atoms with Gasteiger partial charge >= 0.3 is 0 Å². The first-order valence-corrected chi connectivity index (χ1v) is 10.5. The van der Waals surface area contributed by atoms with Crippen LogP contribution in [0.15, 0.2) is 52.9 Å². The molecule has 0 bridgehead atoms. The third kappa shape index (κ3) is 2.74. The number of benzene rings is 2. The Kier molecular flexibility index (Phi) is 4.43. The Labute approximate surface area is 172 Å². The molecule has 150 valence electrons. The Morgan fingerprint density at radius 3 is 2.48 bits per heavy atom. The molecular formula is C20H16ClNO6S. The molecule has 2 saturated heterocycles. The summed E-state index contributed by atoms with van der Waals surface area (Å²) in [4.78, 5) is 24.5. The first-order chi connectivity index (χ1) is 13.7. The van der Waals surface area contributed by atoms with Crippen molar-refractivity contribution in [1.29, 1.82) is 0 Å². The van der Waals surface area contributed by atoms with Gasteiger partial charge in [-0.1, -0.05) is 11.6 Å². The predicted molar refractivity (Wildman–Crippen MR) is 105 cm³/mol. The van der Waals surface area contributed by atoms with Crippen molar-refractivity contribution in [2.45, 2.75) is 16.2 Å². The number of carbonyl (C=O) groups excluding carboxylic acids is 2. The molecule has 2 aliphatic heterocycles. The topological polar surface area (TPSA) is 101 Å². The maximum absolute atomic E-state index is 13.3. The minimum Gasteiger partial charge on any atom is -0.508 e. The maximum Gasteiger partial charge on any atom is 0.228 e. The van der Waals surface area contributed by atoms with E-state index in [2.05, 4.69) is 0 Å². The van der Waals surface area contributed by atoms with E-state index in [4.69, 9.17) is 16.3 Å². The largest absolute Gasteiger partial charge is 0.508 e. The third-order valence-electron chi connectivity index (χ3n) is 5.21. The maximum atomic E-state index is 13.3. The summed E-state index contributed by atoms with van der Waals surface area (Å²) < 4.78 is 31.9. The van der Waals surface area contributed by atoms with E-state index in [0.29, 0.717) is 16.3 Å². The van der Waals surface area contributed by atoms with E-state index in [1.807, 2.05) is 0 Å². The van der Waals surface area contributed by atoms with E-state index in [1.54, 1.807) is 0 Å². The average molecular weight is 434 g/mol. The van der Waals surface area contributed by atoms with Crippen molar-refractivity contribution in [1.82, 2.24) is 4.90 Å². The van der Waals surface area contributed by atoms with Gasteiger partial charge in [0.25, 0.3) is 0 Å². The summed E-state index contributed by atoms with van der Waals surface area (Å²) in [6, 6.07) is 9.84. The molecule has 1 N–H and O–H groups in total. The lowest BCUT2D eigenvalue weighted by atomic mass is 9.99. The molecule has 0 radical (unpaired) electrons. The lowest BCUT2D eigenvalue weighted by Gasteiger charge is -2.44. The molecule has 0 saturated carbocycles. The second-order valence-corrected chi connectivity index (χ2v) is 9.41. The normalized spacial score (nSPS) is 22.6. The highest BCUT2D eigenvalue weighted by Gasteiger charge is 2.69. The number of phenolic OH excluding ortho intramolecular Hbond substituents is 1. The number of ketones is 1. The zero-order chi connectivity index (χ0) is 21.0. The molecular weight excluding hydrogens is 418 g/mol. The fourth-order valence-electron chi connectivity index (χ4n) is 3.72. The van der Waals surface area contributed by atoms with E-state index >= 15 is 0 Å². The van der Waals surface area contributed by atoms with Gasteiger partial charge in [-0.15, -0.1) is 0 Å². The van der Waals surface area contributed by atoms with Gasteiger partial charge in [0.05, 0.1) is 25.0 Å². The molecule has 2 aliphatic rings. The quantitative estimate of drug-likeness (QED) is 0.587. The number of methoxy groups -OCH3 is 1. The molecule has 2 aromatic rings. The molecule has 1 unspecified atom stereocenters. The number of carbonyl (C=O) groups is 2. The molecule has 2 fully saturated rings. The van der Waals surface area contributed by atoms with Crippen LogP contribution < -0.4 is 4.74 Å². The minimum atomic E-state index is -4.17. The number of ether oxygens (including phenoxy) is 1. The second kappa shape index (κ2) is 6.60. The van der Waals surface area contributed by atoms with Gasteiger partial charge in [-0.25, -0.2) is 8.42 Å². The SMILES string of the molecule is COc1ccc(O)cc1C=C1CN2C(=O)CC2(S(=O)(=O)c2ccc(Cl)cc2)C1=O. The summed E-state index contributed by atoms with van der Waals surface area (Å²) in [6.07, 6.45) is 1.04. The van der Waals surface area contributed by atoms with Crippen LogP contribution in [-0.4, -0.2) is 48.6 Å². The number of nitrogens with zero attached hydrogens (tertiary/aromatic N) is 1. The van der Waals surface area contributed by atoms with Gasteiger partial charge in [0.15, 0.2) is 0 Å².